The Labute approximate surface area is 73.6 Å². The summed E-state index contributed by atoms with van der Waals surface area (Å²) in [5.74, 6) is 0. The van der Waals surface area contributed by atoms with Crippen molar-refractivity contribution in [2.45, 2.75) is 11.4 Å². The van der Waals surface area contributed by atoms with Crippen molar-refractivity contribution in [3.63, 3.8) is 0 Å². The average Bonchev–Trinajstić information content (AvgIpc) is 2.28. The van der Waals surface area contributed by atoms with Crippen LogP contribution in [0.4, 0.5) is 0 Å². The lowest BCUT2D eigenvalue weighted by Crippen LogP contribution is -2.22. The second-order valence-electron chi connectivity index (χ2n) is 2.23. The summed E-state index contributed by atoms with van der Waals surface area (Å²) in [5, 5.41) is 0. The fraction of sp³-hybridized carbons (Fsp3) is 0.143. The largest absolute Gasteiger partial charge is 0.243 e. The van der Waals surface area contributed by atoms with Crippen molar-refractivity contribution in [2.75, 3.05) is 0 Å². The molecule has 0 bridgehead atoms. The Kier molecular flexibility index (Phi) is 2.38. The van der Waals surface area contributed by atoms with Crippen molar-refractivity contribution >= 4 is 21.8 Å². The highest BCUT2D eigenvalue weighted by atomic mass is 33.1. The zero-order valence-corrected chi connectivity index (χ0v) is 7.47. The molecule has 4 heteroatoms. The zero-order chi connectivity index (χ0) is 7.52. The number of hydrogen-bond acceptors (Lipinski definition) is 4. The lowest BCUT2D eigenvalue weighted by atomic mass is 10.2. The van der Waals surface area contributed by atoms with E-state index in [0.29, 0.717) is 0 Å². The molecule has 0 unspecified atom stereocenters. The molecule has 1 heterocycles. The lowest BCUT2D eigenvalue weighted by molar-refractivity contribution is 0.683. The summed E-state index contributed by atoms with van der Waals surface area (Å²) >= 11 is 0. The van der Waals surface area contributed by atoms with Crippen LogP contribution < -0.4 is 10.3 Å². The van der Waals surface area contributed by atoms with Gasteiger partial charge in [-0.3, -0.25) is 0 Å². The number of fused-ring (bicyclic) bond motifs is 1. The number of nitrogens with one attached hydrogen (secondary N) is 2. The molecular weight excluding hydrogens is 176 g/mol. The van der Waals surface area contributed by atoms with Crippen LogP contribution in [-0.4, -0.2) is 0 Å². The molecule has 0 fully saturated rings. The standard InChI is InChI=1S/C7H8N2S2/c1-2-4-7-6(3-1)5-8-9-11-10-7/h1-4,8-9H,5H2. The van der Waals surface area contributed by atoms with Gasteiger partial charge in [0.1, 0.15) is 0 Å². The van der Waals surface area contributed by atoms with Gasteiger partial charge in [0.2, 0.25) is 0 Å². The summed E-state index contributed by atoms with van der Waals surface area (Å²) in [5.41, 5.74) is 4.45. The minimum Gasteiger partial charge on any atom is -0.243 e. The van der Waals surface area contributed by atoms with Gasteiger partial charge in [0.05, 0.1) is 0 Å². The van der Waals surface area contributed by atoms with Gasteiger partial charge in [-0.05, 0) is 22.4 Å². The first kappa shape index (κ1) is 7.49. The Balaban J connectivity index is 2.33. The van der Waals surface area contributed by atoms with Crippen LogP contribution in [0.2, 0.25) is 0 Å². The molecule has 0 spiro atoms. The van der Waals surface area contributed by atoms with E-state index >= 15 is 0 Å². The van der Waals surface area contributed by atoms with E-state index in [9.17, 15) is 0 Å². The van der Waals surface area contributed by atoms with Crippen LogP contribution in [0.25, 0.3) is 0 Å². The Hall–Kier alpha value is -0.160. The van der Waals surface area contributed by atoms with E-state index in [1.807, 2.05) is 0 Å². The van der Waals surface area contributed by atoms with E-state index in [-0.39, 0.29) is 0 Å². The summed E-state index contributed by atoms with van der Waals surface area (Å²) in [6, 6.07) is 8.42. The fourth-order valence-electron chi connectivity index (χ4n) is 0.958. The highest BCUT2D eigenvalue weighted by Gasteiger charge is 2.05. The van der Waals surface area contributed by atoms with Gasteiger partial charge < -0.3 is 0 Å². The lowest BCUT2D eigenvalue weighted by Gasteiger charge is -2.00. The molecule has 2 nitrogen and oxygen atoms in total. The van der Waals surface area contributed by atoms with Crippen molar-refractivity contribution in [1.82, 2.24) is 10.3 Å². The number of hydrogen-bond donors (Lipinski definition) is 2. The maximum absolute atomic E-state index is 3.10. The molecule has 0 amide bonds. The molecule has 0 radical (unpaired) electrons. The van der Waals surface area contributed by atoms with E-state index in [1.54, 1.807) is 21.8 Å². The minimum absolute atomic E-state index is 0.899. The van der Waals surface area contributed by atoms with E-state index in [2.05, 4.69) is 34.5 Å². The maximum Gasteiger partial charge on any atom is 0.0371 e. The van der Waals surface area contributed by atoms with E-state index in [4.69, 9.17) is 0 Å². The van der Waals surface area contributed by atoms with Crippen molar-refractivity contribution in [2.24, 2.45) is 0 Å². The highest BCUT2D eigenvalue weighted by molar-refractivity contribution is 8.76. The second kappa shape index (κ2) is 3.49. The Bertz CT molecular complexity index is 227. The van der Waals surface area contributed by atoms with E-state index in [0.717, 1.165) is 6.54 Å². The van der Waals surface area contributed by atoms with Crippen molar-refractivity contribution < 1.29 is 0 Å². The van der Waals surface area contributed by atoms with Crippen molar-refractivity contribution in [3.8, 4) is 0 Å². The van der Waals surface area contributed by atoms with Crippen molar-refractivity contribution in [3.05, 3.63) is 29.8 Å². The molecular formula is C7H8N2S2. The Morgan fingerprint density at radius 1 is 1.27 bits per heavy atom. The van der Waals surface area contributed by atoms with E-state index in [1.165, 1.54) is 10.5 Å². The van der Waals surface area contributed by atoms with Crippen LogP contribution in [0.1, 0.15) is 5.56 Å². The van der Waals surface area contributed by atoms with Gasteiger partial charge >= 0.3 is 0 Å². The molecule has 2 rings (SSSR count). The van der Waals surface area contributed by atoms with Crippen LogP contribution in [0.5, 0.6) is 0 Å². The van der Waals surface area contributed by atoms with Crippen molar-refractivity contribution in [1.29, 1.82) is 0 Å². The first-order valence-corrected chi connectivity index (χ1v) is 5.51. The third-order valence-corrected chi connectivity index (χ3v) is 3.42. The summed E-state index contributed by atoms with van der Waals surface area (Å²) in [4.78, 5) is 4.37. The quantitative estimate of drug-likeness (QED) is 0.475. The molecule has 0 saturated heterocycles. The van der Waals surface area contributed by atoms with Gasteiger partial charge in [-0.25, -0.2) is 5.43 Å². The molecule has 1 aromatic rings. The fourth-order valence-corrected chi connectivity index (χ4v) is 2.66. The smallest absolute Gasteiger partial charge is 0.0371 e. The van der Waals surface area contributed by atoms with Crippen LogP contribution in [0.3, 0.4) is 0 Å². The summed E-state index contributed by atoms with van der Waals surface area (Å²) < 4.78 is 0. The predicted molar refractivity (Wildman–Crippen MR) is 49.9 cm³/mol. The SMILES string of the molecule is c1ccc2c(c1)CNNSS2. The zero-order valence-electron chi connectivity index (χ0n) is 5.83. The normalized spacial score (nSPS) is 17.1. The number of hydrazine groups is 1. The van der Waals surface area contributed by atoms with Gasteiger partial charge in [-0.2, -0.15) is 4.83 Å². The Morgan fingerprint density at radius 2 is 2.18 bits per heavy atom. The number of rotatable bonds is 0. The molecule has 11 heavy (non-hydrogen) atoms. The molecule has 1 aromatic carbocycles. The van der Waals surface area contributed by atoms with Gasteiger partial charge in [0, 0.05) is 22.4 Å². The van der Waals surface area contributed by atoms with Crippen LogP contribution >= 0.6 is 21.8 Å². The maximum atomic E-state index is 3.10. The number of benzene rings is 1. The van der Waals surface area contributed by atoms with Gasteiger partial charge in [-0.15, -0.1) is 0 Å². The molecule has 0 atom stereocenters. The molecule has 0 saturated carbocycles. The first-order valence-electron chi connectivity index (χ1n) is 3.36. The molecule has 0 aromatic heterocycles. The molecule has 0 aliphatic carbocycles. The van der Waals surface area contributed by atoms with Crippen LogP contribution in [-0.2, 0) is 6.54 Å². The van der Waals surface area contributed by atoms with Gasteiger partial charge in [0.25, 0.3) is 0 Å². The van der Waals surface area contributed by atoms with Gasteiger partial charge in [-0.1, -0.05) is 18.2 Å². The summed E-state index contributed by atoms with van der Waals surface area (Å²) in [7, 11) is 3.37. The van der Waals surface area contributed by atoms with Crippen LogP contribution in [0.15, 0.2) is 29.2 Å². The monoisotopic (exact) mass is 184 g/mol. The average molecular weight is 184 g/mol. The van der Waals surface area contributed by atoms with Gasteiger partial charge in [0.15, 0.2) is 0 Å². The topological polar surface area (TPSA) is 24.1 Å². The molecule has 1 aliphatic rings. The molecule has 58 valence electrons. The molecule has 2 N–H and O–H groups in total. The minimum atomic E-state index is 0.899. The highest BCUT2D eigenvalue weighted by Crippen LogP contribution is 2.32. The summed E-state index contributed by atoms with van der Waals surface area (Å²) in [6.07, 6.45) is 0. The third-order valence-electron chi connectivity index (χ3n) is 1.50. The van der Waals surface area contributed by atoms with E-state index < -0.39 is 0 Å². The summed E-state index contributed by atoms with van der Waals surface area (Å²) in [6.45, 7) is 0.899. The predicted octanol–water partition coefficient (Wildman–Crippen LogP) is 1.95. The molecule has 1 aliphatic heterocycles. The van der Waals surface area contributed by atoms with Crippen LogP contribution in [0, 0.1) is 0 Å². The Morgan fingerprint density at radius 3 is 3.18 bits per heavy atom. The second-order valence-corrected chi connectivity index (χ2v) is 4.21. The first-order chi connectivity index (χ1) is 5.47. The third kappa shape index (κ3) is 1.70.